The second-order valence-electron chi connectivity index (χ2n) is 4.01. The molecule has 0 saturated carbocycles. The van der Waals surface area contributed by atoms with Crippen LogP contribution in [0, 0.1) is 0 Å². The van der Waals surface area contributed by atoms with Gasteiger partial charge in [-0.2, -0.15) is 0 Å². The monoisotopic (exact) mass is 343 g/mol. The van der Waals surface area contributed by atoms with Crippen molar-refractivity contribution in [3.63, 3.8) is 0 Å². The van der Waals surface area contributed by atoms with Crippen molar-refractivity contribution < 1.29 is 19.1 Å². The minimum Gasteiger partial charge on any atom is -0.483 e. The summed E-state index contributed by atoms with van der Waals surface area (Å²) in [7, 11) is 1.23. The molecule has 0 aliphatic heterocycles. The second-order valence-corrected chi connectivity index (χ2v) is 5.23. The van der Waals surface area contributed by atoms with E-state index in [-0.39, 0.29) is 11.0 Å². The van der Waals surface area contributed by atoms with Crippen LogP contribution in [0.15, 0.2) is 18.2 Å². The number of alkyl carbamates (subject to hydrolysis) is 1. The molecule has 1 aromatic carbocycles. The molecular weight excluding hydrogens is 326 g/mol. The lowest BCUT2D eigenvalue weighted by Gasteiger charge is -2.15. The maximum absolute atomic E-state index is 11.3. The fraction of sp³-hybridized carbons (Fsp3) is 0.308. The molecule has 3 N–H and O–H groups in total. The van der Waals surface area contributed by atoms with E-state index in [1.807, 2.05) is 6.26 Å². The Kier molecular flexibility index (Phi) is 7.47. The van der Waals surface area contributed by atoms with Gasteiger partial charge in [0.2, 0.25) is 5.91 Å². The lowest BCUT2D eigenvalue weighted by atomic mass is 10.2. The van der Waals surface area contributed by atoms with Gasteiger partial charge in [0, 0.05) is 13.0 Å². The first-order valence-corrected chi connectivity index (χ1v) is 7.95. The van der Waals surface area contributed by atoms with Crippen molar-refractivity contribution in [1.82, 2.24) is 5.32 Å². The number of nitrogens with one attached hydrogen (secondary N) is 3. The zero-order valence-corrected chi connectivity index (χ0v) is 14.0. The fourth-order valence-electron chi connectivity index (χ4n) is 1.44. The Morgan fingerprint density at radius 2 is 2.00 bits per heavy atom. The van der Waals surface area contributed by atoms with Crippen LogP contribution in [0.25, 0.3) is 0 Å². The SMILES string of the molecule is COC(=O)NC(=S)Nc1ccc(OCSC)cc1NC(C)=O. The molecule has 1 aromatic rings. The molecule has 7 nitrogen and oxygen atoms in total. The summed E-state index contributed by atoms with van der Waals surface area (Å²) in [4.78, 5) is 22.4. The molecule has 0 radical (unpaired) electrons. The third kappa shape index (κ3) is 6.19. The van der Waals surface area contributed by atoms with Gasteiger partial charge in [-0.3, -0.25) is 10.1 Å². The highest BCUT2D eigenvalue weighted by atomic mass is 32.2. The van der Waals surface area contributed by atoms with Crippen molar-refractivity contribution in [2.24, 2.45) is 0 Å². The topological polar surface area (TPSA) is 88.7 Å². The molecule has 2 amide bonds. The van der Waals surface area contributed by atoms with E-state index < -0.39 is 6.09 Å². The highest BCUT2D eigenvalue weighted by Crippen LogP contribution is 2.27. The Balaban J connectivity index is 2.89. The van der Waals surface area contributed by atoms with E-state index in [0.29, 0.717) is 23.1 Å². The number of amides is 2. The molecule has 1 rings (SSSR count). The third-order valence-electron chi connectivity index (χ3n) is 2.29. The van der Waals surface area contributed by atoms with Crippen molar-refractivity contribution in [1.29, 1.82) is 0 Å². The Labute approximate surface area is 138 Å². The van der Waals surface area contributed by atoms with Crippen LogP contribution in [0.3, 0.4) is 0 Å². The average molecular weight is 343 g/mol. The van der Waals surface area contributed by atoms with E-state index in [0.717, 1.165) is 0 Å². The van der Waals surface area contributed by atoms with Gasteiger partial charge in [0.05, 0.1) is 18.5 Å². The Hall–Kier alpha value is -2.00. The molecule has 0 unspecified atom stereocenters. The Morgan fingerprint density at radius 3 is 2.59 bits per heavy atom. The molecular formula is C13H17N3O4S2. The van der Waals surface area contributed by atoms with E-state index in [4.69, 9.17) is 17.0 Å². The third-order valence-corrected chi connectivity index (χ3v) is 2.85. The summed E-state index contributed by atoms with van der Waals surface area (Å²) in [5.41, 5.74) is 1.01. The first-order valence-electron chi connectivity index (χ1n) is 6.15. The minimum absolute atomic E-state index is 0.0521. The maximum Gasteiger partial charge on any atom is 0.413 e. The molecule has 0 bridgehead atoms. The summed E-state index contributed by atoms with van der Waals surface area (Å²) < 4.78 is 9.93. The van der Waals surface area contributed by atoms with Gasteiger partial charge in [0.15, 0.2) is 5.11 Å². The van der Waals surface area contributed by atoms with Crippen LogP contribution in [0.5, 0.6) is 5.75 Å². The first-order chi connectivity index (χ1) is 10.5. The smallest absolute Gasteiger partial charge is 0.413 e. The van der Waals surface area contributed by atoms with Gasteiger partial charge in [-0.05, 0) is 30.6 Å². The number of anilines is 2. The summed E-state index contributed by atoms with van der Waals surface area (Å²) in [6.45, 7) is 1.39. The molecule has 0 aliphatic carbocycles. The quantitative estimate of drug-likeness (QED) is 0.559. The van der Waals surface area contributed by atoms with E-state index in [1.54, 1.807) is 18.2 Å². The molecule has 0 atom stereocenters. The van der Waals surface area contributed by atoms with Crippen LogP contribution in [0.2, 0.25) is 0 Å². The minimum atomic E-state index is -0.682. The number of methoxy groups -OCH3 is 1. The lowest BCUT2D eigenvalue weighted by molar-refractivity contribution is -0.114. The normalized spacial score (nSPS) is 9.59. The van der Waals surface area contributed by atoms with Gasteiger partial charge in [-0.25, -0.2) is 4.79 Å². The van der Waals surface area contributed by atoms with E-state index in [1.165, 1.54) is 25.8 Å². The number of hydrogen-bond donors (Lipinski definition) is 3. The standard InChI is InChI=1S/C13H17N3O4S2/c1-8(17)14-11-6-9(20-7-22-3)4-5-10(11)15-12(21)16-13(18)19-2/h4-6H,7H2,1-3H3,(H,14,17)(H2,15,16,18,21). The van der Waals surface area contributed by atoms with Crippen LogP contribution >= 0.6 is 24.0 Å². The summed E-state index contributed by atoms with van der Waals surface area (Å²) in [5, 5.41) is 7.85. The van der Waals surface area contributed by atoms with Crippen molar-refractivity contribution in [2.45, 2.75) is 6.92 Å². The van der Waals surface area contributed by atoms with Crippen LogP contribution in [-0.4, -0.2) is 36.4 Å². The zero-order valence-electron chi connectivity index (χ0n) is 12.4. The second kappa shape index (κ2) is 9.11. The fourth-order valence-corrected chi connectivity index (χ4v) is 1.89. The highest BCUT2D eigenvalue weighted by molar-refractivity contribution is 7.98. The van der Waals surface area contributed by atoms with E-state index >= 15 is 0 Å². The van der Waals surface area contributed by atoms with Gasteiger partial charge in [0.25, 0.3) is 0 Å². The van der Waals surface area contributed by atoms with Crippen LogP contribution in [0.1, 0.15) is 6.92 Å². The maximum atomic E-state index is 11.3. The van der Waals surface area contributed by atoms with E-state index in [2.05, 4.69) is 20.7 Å². The number of hydrogen-bond acceptors (Lipinski definition) is 6. The lowest BCUT2D eigenvalue weighted by Crippen LogP contribution is -2.34. The van der Waals surface area contributed by atoms with Crippen molar-refractivity contribution in [3.8, 4) is 5.75 Å². The predicted molar refractivity (Wildman–Crippen MR) is 91.5 cm³/mol. The molecule has 0 fully saturated rings. The Bertz CT molecular complexity index is 566. The summed E-state index contributed by atoms with van der Waals surface area (Å²) in [6, 6.07) is 5.08. The van der Waals surface area contributed by atoms with Crippen LogP contribution in [-0.2, 0) is 9.53 Å². The van der Waals surface area contributed by atoms with Gasteiger partial charge in [0.1, 0.15) is 11.7 Å². The molecule has 9 heteroatoms. The van der Waals surface area contributed by atoms with E-state index in [9.17, 15) is 9.59 Å². The molecule has 0 saturated heterocycles. The number of benzene rings is 1. The summed E-state index contributed by atoms with van der Waals surface area (Å²) in [5.74, 6) is 0.863. The van der Waals surface area contributed by atoms with Gasteiger partial charge >= 0.3 is 6.09 Å². The first kappa shape index (κ1) is 18.1. The average Bonchev–Trinajstić information content (AvgIpc) is 2.46. The number of ether oxygens (including phenoxy) is 2. The number of rotatable bonds is 5. The number of carbonyl (C=O) groups is 2. The molecule has 0 aromatic heterocycles. The molecule has 0 heterocycles. The van der Waals surface area contributed by atoms with Gasteiger partial charge in [-0.15, -0.1) is 11.8 Å². The summed E-state index contributed by atoms with van der Waals surface area (Å²) in [6.07, 6.45) is 1.24. The van der Waals surface area contributed by atoms with Crippen molar-refractivity contribution >= 4 is 52.5 Å². The number of carbonyl (C=O) groups excluding carboxylic acids is 2. The largest absolute Gasteiger partial charge is 0.483 e. The molecule has 0 spiro atoms. The summed E-state index contributed by atoms with van der Waals surface area (Å²) >= 11 is 6.52. The van der Waals surface area contributed by atoms with Crippen LogP contribution in [0.4, 0.5) is 16.2 Å². The predicted octanol–water partition coefficient (Wildman–Crippen LogP) is 2.40. The van der Waals surface area contributed by atoms with Gasteiger partial charge in [-0.1, -0.05) is 0 Å². The van der Waals surface area contributed by atoms with Gasteiger partial charge < -0.3 is 20.1 Å². The molecule has 0 aliphatic rings. The highest BCUT2D eigenvalue weighted by Gasteiger charge is 2.10. The Morgan fingerprint density at radius 1 is 1.27 bits per heavy atom. The zero-order chi connectivity index (χ0) is 16.5. The number of thioether (sulfide) groups is 1. The van der Waals surface area contributed by atoms with Crippen LogP contribution < -0.4 is 20.7 Å². The molecule has 120 valence electrons. The molecule has 22 heavy (non-hydrogen) atoms. The van der Waals surface area contributed by atoms with Crippen molar-refractivity contribution in [3.05, 3.63) is 18.2 Å². The number of thiocarbonyl (C=S) groups is 1. The van der Waals surface area contributed by atoms with Crippen molar-refractivity contribution in [2.75, 3.05) is 29.9 Å².